The standard InChI is InChI=1S/C23H38O2.C18H34O2/c1-2-3-4-5-6-7-8-9-10-11-12-13-14-15-16-17-18-19-20-21-22-23(24)25;1-2-3-4-5-6-7-8-9-10-11-12-13-14-15-16-17-18(19)20/h2-10,15-22H2,1H3,(H,24,25);9-10H,2-8,11-17H2,1H3,(H,19,20)/b;10-9+. The SMILES string of the molecule is CCCCCCCC/C=C/CCCCCCCC(=O)O.CCCCCCCCCCC#CC#CCCCCCCCCC(=O)O. The number of unbranched alkanes of at least 4 members (excludes halogenated alkanes) is 25. The van der Waals surface area contributed by atoms with Crippen LogP contribution >= 0.6 is 0 Å². The zero-order chi connectivity index (χ0) is 33.3. The molecular weight excluding hydrogens is 556 g/mol. The van der Waals surface area contributed by atoms with Gasteiger partial charge in [0.05, 0.1) is 0 Å². The van der Waals surface area contributed by atoms with Crippen LogP contribution in [-0.2, 0) is 9.59 Å². The molecule has 0 aromatic carbocycles. The molecule has 0 heterocycles. The maximum Gasteiger partial charge on any atom is 0.303 e. The molecule has 4 nitrogen and oxygen atoms in total. The number of carboxylic acid groups (broad SMARTS) is 2. The molecule has 0 bridgehead atoms. The van der Waals surface area contributed by atoms with E-state index in [2.05, 4.69) is 49.7 Å². The van der Waals surface area contributed by atoms with E-state index < -0.39 is 11.9 Å². The fourth-order valence-electron chi connectivity index (χ4n) is 5.10. The predicted octanol–water partition coefficient (Wildman–Crippen LogP) is 12.8. The van der Waals surface area contributed by atoms with Gasteiger partial charge in [0.15, 0.2) is 0 Å². The van der Waals surface area contributed by atoms with Gasteiger partial charge in [-0.2, -0.15) is 0 Å². The van der Waals surface area contributed by atoms with Crippen molar-refractivity contribution in [1.82, 2.24) is 0 Å². The quantitative estimate of drug-likeness (QED) is 0.0455. The molecule has 0 rings (SSSR count). The molecule has 0 radical (unpaired) electrons. The van der Waals surface area contributed by atoms with Gasteiger partial charge in [0.2, 0.25) is 0 Å². The molecule has 0 unspecified atom stereocenters. The fourth-order valence-corrected chi connectivity index (χ4v) is 5.10. The largest absolute Gasteiger partial charge is 0.481 e. The molecule has 2 N–H and O–H groups in total. The van der Waals surface area contributed by atoms with Crippen molar-refractivity contribution in [3.05, 3.63) is 12.2 Å². The molecule has 0 amide bonds. The van der Waals surface area contributed by atoms with Crippen molar-refractivity contribution in [2.45, 2.75) is 213 Å². The summed E-state index contributed by atoms with van der Waals surface area (Å²) in [7, 11) is 0. The van der Waals surface area contributed by atoms with Gasteiger partial charge in [0, 0.05) is 25.7 Å². The van der Waals surface area contributed by atoms with Crippen LogP contribution in [0.15, 0.2) is 12.2 Å². The Labute approximate surface area is 280 Å². The Morgan fingerprint density at radius 3 is 1.04 bits per heavy atom. The van der Waals surface area contributed by atoms with Gasteiger partial charge in [0.1, 0.15) is 0 Å². The van der Waals surface area contributed by atoms with Gasteiger partial charge in [-0.1, -0.05) is 160 Å². The monoisotopic (exact) mass is 629 g/mol. The summed E-state index contributed by atoms with van der Waals surface area (Å²) in [6, 6.07) is 0. The number of carboxylic acids is 2. The van der Waals surface area contributed by atoms with Crippen LogP contribution in [0.4, 0.5) is 0 Å². The fraction of sp³-hybridized carbons (Fsp3) is 0.805. The Morgan fingerprint density at radius 2 is 0.711 bits per heavy atom. The highest BCUT2D eigenvalue weighted by Gasteiger charge is 1.97. The summed E-state index contributed by atoms with van der Waals surface area (Å²) in [6.07, 6.45) is 40.7. The first kappa shape index (κ1) is 44.9. The van der Waals surface area contributed by atoms with Crippen molar-refractivity contribution in [2.24, 2.45) is 0 Å². The molecule has 0 aliphatic carbocycles. The highest BCUT2D eigenvalue weighted by atomic mass is 16.4. The molecule has 0 aromatic heterocycles. The predicted molar refractivity (Wildman–Crippen MR) is 194 cm³/mol. The van der Waals surface area contributed by atoms with E-state index in [1.165, 1.54) is 135 Å². The van der Waals surface area contributed by atoms with Crippen molar-refractivity contribution in [1.29, 1.82) is 0 Å². The zero-order valence-corrected chi connectivity index (χ0v) is 29.8. The van der Waals surface area contributed by atoms with E-state index >= 15 is 0 Å². The molecule has 0 aliphatic heterocycles. The molecule has 260 valence electrons. The number of carbonyl (C=O) groups is 2. The van der Waals surface area contributed by atoms with Gasteiger partial charge >= 0.3 is 11.9 Å². The average molecular weight is 629 g/mol. The Balaban J connectivity index is 0. The summed E-state index contributed by atoms with van der Waals surface area (Å²) in [5, 5.41) is 17.0. The molecule has 0 aliphatic rings. The van der Waals surface area contributed by atoms with Crippen LogP contribution < -0.4 is 0 Å². The molecule has 0 saturated carbocycles. The van der Waals surface area contributed by atoms with Crippen LogP contribution in [-0.4, -0.2) is 22.2 Å². The second-order valence-corrected chi connectivity index (χ2v) is 12.6. The lowest BCUT2D eigenvalue weighted by Gasteiger charge is -1.99. The van der Waals surface area contributed by atoms with E-state index in [4.69, 9.17) is 10.2 Å². The molecule has 0 spiro atoms. The maximum atomic E-state index is 10.4. The normalized spacial score (nSPS) is 10.4. The number of aliphatic carboxylic acids is 2. The van der Waals surface area contributed by atoms with E-state index in [1.807, 2.05) is 0 Å². The van der Waals surface area contributed by atoms with Crippen molar-refractivity contribution in [2.75, 3.05) is 0 Å². The zero-order valence-electron chi connectivity index (χ0n) is 29.8. The second kappa shape index (κ2) is 41.8. The first-order valence-electron chi connectivity index (χ1n) is 19.1. The van der Waals surface area contributed by atoms with Crippen molar-refractivity contribution in [3.8, 4) is 23.7 Å². The van der Waals surface area contributed by atoms with Crippen LogP contribution in [0, 0.1) is 23.7 Å². The average Bonchev–Trinajstić information content (AvgIpc) is 3.02. The lowest BCUT2D eigenvalue weighted by atomic mass is 10.1. The minimum atomic E-state index is -0.682. The van der Waals surface area contributed by atoms with Gasteiger partial charge < -0.3 is 10.2 Å². The number of hydrogen-bond donors (Lipinski definition) is 2. The van der Waals surface area contributed by atoms with E-state index in [1.54, 1.807) is 0 Å². The van der Waals surface area contributed by atoms with E-state index in [0.29, 0.717) is 12.8 Å². The van der Waals surface area contributed by atoms with E-state index in [9.17, 15) is 9.59 Å². The van der Waals surface area contributed by atoms with Gasteiger partial charge in [-0.15, -0.1) is 0 Å². The first-order chi connectivity index (χ1) is 22.0. The third-order valence-electron chi connectivity index (χ3n) is 7.99. The Bertz CT molecular complexity index is 777. The third-order valence-corrected chi connectivity index (χ3v) is 7.99. The number of rotatable bonds is 31. The molecule has 0 saturated heterocycles. The van der Waals surface area contributed by atoms with E-state index in [0.717, 1.165) is 51.4 Å². The van der Waals surface area contributed by atoms with Crippen LogP contribution in [0.2, 0.25) is 0 Å². The van der Waals surface area contributed by atoms with Gasteiger partial charge in [0.25, 0.3) is 0 Å². The minimum Gasteiger partial charge on any atom is -0.481 e. The molecule has 0 aromatic rings. The van der Waals surface area contributed by atoms with E-state index in [-0.39, 0.29) is 0 Å². The molecular formula is C41H72O4. The van der Waals surface area contributed by atoms with Crippen molar-refractivity contribution in [3.63, 3.8) is 0 Å². The second-order valence-electron chi connectivity index (χ2n) is 12.6. The Morgan fingerprint density at radius 1 is 0.422 bits per heavy atom. The lowest BCUT2D eigenvalue weighted by Crippen LogP contribution is -1.93. The van der Waals surface area contributed by atoms with Crippen molar-refractivity contribution >= 4 is 11.9 Å². The van der Waals surface area contributed by atoms with Crippen LogP contribution in [0.3, 0.4) is 0 Å². The third kappa shape index (κ3) is 48.9. The Kier molecular flexibility index (Phi) is 41.7. The summed E-state index contributed by atoms with van der Waals surface area (Å²) in [5.41, 5.74) is 0. The summed E-state index contributed by atoms with van der Waals surface area (Å²) >= 11 is 0. The first-order valence-corrected chi connectivity index (χ1v) is 19.1. The highest BCUT2D eigenvalue weighted by molar-refractivity contribution is 5.66. The van der Waals surface area contributed by atoms with Gasteiger partial charge in [-0.05, 0) is 63.2 Å². The summed E-state index contributed by atoms with van der Waals surface area (Å²) < 4.78 is 0. The highest BCUT2D eigenvalue weighted by Crippen LogP contribution is 2.11. The summed E-state index contributed by atoms with van der Waals surface area (Å²) in [6.45, 7) is 4.52. The molecule has 0 atom stereocenters. The summed E-state index contributed by atoms with van der Waals surface area (Å²) in [5.74, 6) is 10.9. The lowest BCUT2D eigenvalue weighted by molar-refractivity contribution is -0.138. The van der Waals surface area contributed by atoms with Crippen LogP contribution in [0.5, 0.6) is 0 Å². The smallest absolute Gasteiger partial charge is 0.303 e. The number of hydrogen-bond acceptors (Lipinski definition) is 2. The molecule has 4 heteroatoms. The number of allylic oxidation sites excluding steroid dienone is 2. The van der Waals surface area contributed by atoms with Crippen LogP contribution in [0.1, 0.15) is 213 Å². The van der Waals surface area contributed by atoms with Gasteiger partial charge in [-0.3, -0.25) is 9.59 Å². The van der Waals surface area contributed by atoms with Crippen LogP contribution in [0.25, 0.3) is 0 Å². The maximum absolute atomic E-state index is 10.4. The van der Waals surface area contributed by atoms with Gasteiger partial charge in [-0.25, -0.2) is 0 Å². The molecule has 0 fully saturated rings. The Hall–Kier alpha value is -2.20. The molecule has 45 heavy (non-hydrogen) atoms. The van der Waals surface area contributed by atoms with Crippen molar-refractivity contribution < 1.29 is 19.8 Å². The minimum absolute atomic E-state index is 0.309. The summed E-state index contributed by atoms with van der Waals surface area (Å²) in [4.78, 5) is 20.7. The topological polar surface area (TPSA) is 74.6 Å².